The standard InChI is InChI=1S/C11H22N4O/c1-5-6-15-9(7-12)13-14-10(15)8-16-11(2,3)4/h5-8,12H2,1-4H3. The summed E-state index contributed by atoms with van der Waals surface area (Å²) in [6, 6.07) is 0. The molecule has 1 rings (SSSR count). The molecule has 92 valence electrons. The van der Waals surface area contributed by atoms with E-state index in [9.17, 15) is 0 Å². The zero-order valence-corrected chi connectivity index (χ0v) is 10.7. The van der Waals surface area contributed by atoms with Gasteiger partial charge < -0.3 is 15.0 Å². The molecule has 0 aliphatic carbocycles. The maximum Gasteiger partial charge on any atom is 0.159 e. The Kier molecular flexibility index (Phi) is 4.44. The third kappa shape index (κ3) is 3.57. The molecule has 2 N–H and O–H groups in total. The second-order valence-corrected chi connectivity index (χ2v) is 4.79. The quantitative estimate of drug-likeness (QED) is 0.825. The van der Waals surface area contributed by atoms with Crippen LogP contribution in [0.2, 0.25) is 0 Å². The summed E-state index contributed by atoms with van der Waals surface area (Å²) in [5.41, 5.74) is 5.45. The molecule has 0 bridgehead atoms. The summed E-state index contributed by atoms with van der Waals surface area (Å²) < 4.78 is 7.74. The summed E-state index contributed by atoms with van der Waals surface area (Å²) >= 11 is 0. The molecule has 0 aliphatic heterocycles. The first kappa shape index (κ1) is 13.1. The summed E-state index contributed by atoms with van der Waals surface area (Å²) in [6.07, 6.45) is 1.04. The van der Waals surface area contributed by atoms with Crippen LogP contribution >= 0.6 is 0 Å². The van der Waals surface area contributed by atoms with Gasteiger partial charge in [0.25, 0.3) is 0 Å². The third-order valence-corrected chi connectivity index (χ3v) is 2.17. The van der Waals surface area contributed by atoms with E-state index in [2.05, 4.69) is 17.1 Å². The summed E-state index contributed by atoms with van der Waals surface area (Å²) in [5.74, 6) is 1.69. The van der Waals surface area contributed by atoms with Gasteiger partial charge in [-0.3, -0.25) is 0 Å². The molecule has 1 aromatic heterocycles. The van der Waals surface area contributed by atoms with E-state index in [0.29, 0.717) is 13.2 Å². The van der Waals surface area contributed by atoms with E-state index < -0.39 is 0 Å². The smallest absolute Gasteiger partial charge is 0.159 e. The minimum absolute atomic E-state index is 0.161. The fraction of sp³-hybridized carbons (Fsp3) is 0.818. The second-order valence-electron chi connectivity index (χ2n) is 4.79. The van der Waals surface area contributed by atoms with E-state index >= 15 is 0 Å². The Morgan fingerprint density at radius 3 is 2.38 bits per heavy atom. The van der Waals surface area contributed by atoms with E-state index in [-0.39, 0.29) is 5.60 Å². The van der Waals surface area contributed by atoms with Crippen molar-refractivity contribution in [1.29, 1.82) is 0 Å². The Hall–Kier alpha value is -0.940. The minimum Gasteiger partial charge on any atom is -0.368 e. The Morgan fingerprint density at radius 1 is 1.25 bits per heavy atom. The van der Waals surface area contributed by atoms with Crippen LogP contribution in [0, 0.1) is 0 Å². The molecule has 1 heterocycles. The molecule has 0 fully saturated rings. The minimum atomic E-state index is -0.161. The van der Waals surface area contributed by atoms with Crippen LogP contribution in [0.5, 0.6) is 0 Å². The van der Waals surface area contributed by atoms with Crippen LogP contribution in [0.4, 0.5) is 0 Å². The topological polar surface area (TPSA) is 66.0 Å². The summed E-state index contributed by atoms with van der Waals surface area (Å²) in [7, 11) is 0. The molecule has 0 saturated heterocycles. The first-order valence-electron chi connectivity index (χ1n) is 5.73. The van der Waals surface area contributed by atoms with Crippen molar-refractivity contribution in [3.63, 3.8) is 0 Å². The van der Waals surface area contributed by atoms with Gasteiger partial charge >= 0.3 is 0 Å². The largest absolute Gasteiger partial charge is 0.368 e. The Labute approximate surface area is 97.0 Å². The Morgan fingerprint density at radius 2 is 1.88 bits per heavy atom. The zero-order valence-electron chi connectivity index (χ0n) is 10.7. The molecule has 0 aromatic carbocycles. The van der Waals surface area contributed by atoms with Gasteiger partial charge in [0.05, 0.1) is 12.1 Å². The zero-order chi connectivity index (χ0) is 12.2. The summed E-state index contributed by atoms with van der Waals surface area (Å²) in [6.45, 7) is 9.99. The van der Waals surface area contributed by atoms with Crippen molar-refractivity contribution in [3.05, 3.63) is 11.6 Å². The van der Waals surface area contributed by atoms with Gasteiger partial charge in [0.2, 0.25) is 0 Å². The van der Waals surface area contributed by atoms with Crippen molar-refractivity contribution in [2.24, 2.45) is 5.73 Å². The van der Waals surface area contributed by atoms with Crippen LogP contribution in [0.15, 0.2) is 0 Å². The molecular weight excluding hydrogens is 204 g/mol. The highest BCUT2D eigenvalue weighted by molar-refractivity contribution is 4.94. The molecule has 0 radical (unpaired) electrons. The van der Waals surface area contributed by atoms with E-state index in [0.717, 1.165) is 24.6 Å². The average molecular weight is 226 g/mol. The first-order chi connectivity index (χ1) is 7.48. The summed E-state index contributed by atoms with van der Waals surface area (Å²) in [5, 5.41) is 8.18. The number of rotatable bonds is 5. The predicted octanol–water partition coefficient (Wildman–Crippen LogP) is 1.46. The van der Waals surface area contributed by atoms with Crippen molar-refractivity contribution < 1.29 is 4.74 Å². The molecule has 0 atom stereocenters. The van der Waals surface area contributed by atoms with Crippen molar-refractivity contribution in [2.75, 3.05) is 0 Å². The summed E-state index contributed by atoms with van der Waals surface area (Å²) in [4.78, 5) is 0. The number of ether oxygens (including phenoxy) is 1. The van der Waals surface area contributed by atoms with Crippen LogP contribution in [0.1, 0.15) is 45.8 Å². The van der Waals surface area contributed by atoms with E-state index in [4.69, 9.17) is 10.5 Å². The van der Waals surface area contributed by atoms with Gasteiger partial charge in [0.1, 0.15) is 12.4 Å². The van der Waals surface area contributed by atoms with Crippen LogP contribution in [0.25, 0.3) is 0 Å². The fourth-order valence-electron chi connectivity index (χ4n) is 1.39. The molecule has 0 unspecified atom stereocenters. The highest BCUT2D eigenvalue weighted by atomic mass is 16.5. The molecule has 5 heteroatoms. The Bertz CT molecular complexity index is 327. The van der Waals surface area contributed by atoms with E-state index in [1.165, 1.54) is 0 Å². The normalized spacial score (nSPS) is 12.1. The number of aromatic nitrogens is 3. The number of nitrogens with two attached hydrogens (primary N) is 1. The van der Waals surface area contributed by atoms with Crippen LogP contribution in [-0.2, 0) is 24.4 Å². The van der Waals surface area contributed by atoms with Crippen LogP contribution in [0.3, 0.4) is 0 Å². The maximum atomic E-state index is 5.70. The van der Waals surface area contributed by atoms with Crippen molar-refractivity contribution in [3.8, 4) is 0 Å². The highest BCUT2D eigenvalue weighted by Crippen LogP contribution is 2.12. The van der Waals surface area contributed by atoms with Crippen molar-refractivity contribution in [1.82, 2.24) is 14.8 Å². The van der Waals surface area contributed by atoms with Gasteiger partial charge in [-0.25, -0.2) is 0 Å². The lowest BCUT2D eigenvalue weighted by molar-refractivity contribution is -0.0194. The molecule has 0 aliphatic rings. The van der Waals surface area contributed by atoms with Gasteiger partial charge in [0, 0.05) is 6.54 Å². The van der Waals surface area contributed by atoms with E-state index in [1.807, 2.05) is 25.3 Å². The number of nitrogens with zero attached hydrogens (tertiary/aromatic N) is 3. The number of hydrogen-bond donors (Lipinski definition) is 1. The fourth-order valence-corrected chi connectivity index (χ4v) is 1.39. The molecular formula is C11H22N4O. The third-order valence-electron chi connectivity index (χ3n) is 2.17. The van der Waals surface area contributed by atoms with Crippen LogP contribution in [-0.4, -0.2) is 20.4 Å². The van der Waals surface area contributed by atoms with Gasteiger partial charge in [-0.15, -0.1) is 10.2 Å². The molecule has 0 saturated carbocycles. The Balaban J connectivity index is 2.75. The molecule has 5 nitrogen and oxygen atoms in total. The van der Waals surface area contributed by atoms with E-state index in [1.54, 1.807) is 0 Å². The average Bonchev–Trinajstić information content (AvgIpc) is 2.57. The van der Waals surface area contributed by atoms with Gasteiger partial charge in [-0.2, -0.15) is 0 Å². The molecule has 1 aromatic rings. The number of hydrogen-bond acceptors (Lipinski definition) is 4. The predicted molar refractivity (Wildman–Crippen MR) is 62.7 cm³/mol. The molecule has 0 spiro atoms. The van der Waals surface area contributed by atoms with Crippen LogP contribution < -0.4 is 5.73 Å². The van der Waals surface area contributed by atoms with Crippen molar-refractivity contribution in [2.45, 2.75) is 59.4 Å². The molecule has 0 amide bonds. The maximum absolute atomic E-state index is 5.70. The van der Waals surface area contributed by atoms with Gasteiger partial charge in [-0.1, -0.05) is 6.92 Å². The van der Waals surface area contributed by atoms with Gasteiger partial charge in [0.15, 0.2) is 5.82 Å². The lowest BCUT2D eigenvalue weighted by atomic mass is 10.2. The lowest BCUT2D eigenvalue weighted by Crippen LogP contribution is -2.20. The van der Waals surface area contributed by atoms with Gasteiger partial charge in [-0.05, 0) is 27.2 Å². The molecule has 16 heavy (non-hydrogen) atoms. The second kappa shape index (κ2) is 5.41. The monoisotopic (exact) mass is 226 g/mol. The highest BCUT2D eigenvalue weighted by Gasteiger charge is 2.15. The van der Waals surface area contributed by atoms with Crippen molar-refractivity contribution >= 4 is 0 Å². The first-order valence-corrected chi connectivity index (χ1v) is 5.73. The lowest BCUT2D eigenvalue weighted by Gasteiger charge is -2.19. The SMILES string of the molecule is CCCn1c(CN)nnc1COC(C)(C)C.